The molecule has 0 spiro atoms. The van der Waals surface area contributed by atoms with Crippen molar-refractivity contribution in [2.45, 2.75) is 32.1 Å². The summed E-state index contributed by atoms with van der Waals surface area (Å²) in [5, 5.41) is 3.49. The molecule has 0 bridgehead atoms. The lowest BCUT2D eigenvalue weighted by molar-refractivity contribution is 0.285. The molecule has 1 saturated carbocycles. The zero-order chi connectivity index (χ0) is 11.8. The van der Waals surface area contributed by atoms with Gasteiger partial charge in [-0.2, -0.15) is 0 Å². The Labute approximate surface area is 104 Å². The molecule has 2 heteroatoms. The maximum absolute atomic E-state index is 5.63. The van der Waals surface area contributed by atoms with Crippen LogP contribution in [0.5, 0.6) is 5.75 Å². The standard InChI is InChI=1S/C15H23NO/c1-2-8-15(9-3-1)17-13-5-11-16-12-10-14-6-4-7-14/h1-3,8-9,14,16H,4-7,10-13H2. The Balaban J connectivity index is 1.41. The third-order valence-electron chi connectivity index (χ3n) is 3.46. The molecule has 0 atom stereocenters. The van der Waals surface area contributed by atoms with Crippen molar-refractivity contribution < 1.29 is 4.74 Å². The monoisotopic (exact) mass is 233 g/mol. The largest absolute Gasteiger partial charge is 0.494 e. The molecule has 1 N–H and O–H groups in total. The van der Waals surface area contributed by atoms with Gasteiger partial charge in [0.2, 0.25) is 0 Å². The topological polar surface area (TPSA) is 21.3 Å². The Morgan fingerprint density at radius 2 is 1.94 bits per heavy atom. The van der Waals surface area contributed by atoms with Gasteiger partial charge in [0.15, 0.2) is 0 Å². The molecule has 0 aliphatic heterocycles. The van der Waals surface area contributed by atoms with E-state index in [1.807, 2.05) is 30.3 Å². The molecule has 2 nitrogen and oxygen atoms in total. The van der Waals surface area contributed by atoms with E-state index in [1.54, 1.807) is 0 Å². The van der Waals surface area contributed by atoms with Gasteiger partial charge in [0.25, 0.3) is 0 Å². The predicted molar refractivity (Wildman–Crippen MR) is 71.4 cm³/mol. The molecule has 1 aliphatic carbocycles. The second kappa shape index (κ2) is 7.33. The second-order valence-corrected chi connectivity index (χ2v) is 4.85. The highest BCUT2D eigenvalue weighted by Crippen LogP contribution is 2.28. The fraction of sp³-hybridized carbons (Fsp3) is 0.600. The van der Waals surface area contributed by atoms with Gasteiger partial charge >= 0.3 is 0 Å². The summed E-state index contributed by atoms with van der Waals surface area (Å²) in [6, 6.07) is 10.0. The number of hydrogen-bond acceptors (Lipinski definition) is 2. The van der Waals surface area contributed by atoms with E-state index in [9.17, 15) is 0 Å². The highest BCUT2D eigenvalue weighted by molar-refractivity contribution is 5.20. The summed E-state index contributed by atoms with van der Waals surface area (Å²) in [6.07, 6.45) is 6.81. The molecule has 0 saturated heterocycles. The summed E-state index contributed by atoms with van der Waals surface area (Å²) >= 11 is 0. The normalized spacial score (nSPS) is 15.5. The minimum absolute atomic E-state index is 0.806. The molecule has 17 heavy (non-hydrogen) atoms. The van der Waals surface area contributed by atoms with Crippen LogP contribution < -0.4 is 10.1 Å². The van der Waals surface area contributed by atoms with Crippen molar-refractivity contribution in [1.82, 2.24) is 5.32 Å². The zero-order valence-electron chi connectivity index (χ0n) is 10.5. The quantitative estimate of drug-likeness (QED) is 0.696. The van der Waals surface area contributed by atoms with E-state index in [0.717, 1.165) is 31.2 Å². The van der Waals surface area contributed by atoms with Crippen LogP contribution in [0.2, 0.25) is 0 Å². The van der Waals surface area contributed by atoms with Crippen LogP contribution in [0.3, 0.4) is 0 Å². The van der Waals surface area contributed by atoms with E-state index < -0.39 is 0 Å². The fourth-order valence-corrected chi connectivity index (χ4v) is 2.12. The molecule has 1 aromatic rings. The van der Waals surface area contributed by atoms with Gasteiger partial charge in [-0.1, -0.05) is 37.5 Å². The first kappa shape index (κ1) is 12.4. The molecule has 94 valence electrons. The van der Waals surface area contributed by atoms with Crippen LogP contribution in [0.4, 0.5) is 0 Å². The molecule has 0 heterocycles. The van der Waals surface area contributed by atoms with Gasteiger partial charge in [0, 0.05) is 0 Å². The number of ether oxygens (including phenoxy) is 1. The number of benzene rings is 1. The van der Waals surface area contributed by atoms with E-state index in [0.29, 0.717) is 0 Å². The van der Waals surface area contributed by atoms with Gasteiger partial charge in [-0.15, -0.1) is 0 Å². The average molecular weight is 233 g/mol. The van der Waals surface area contributed by atoms with E-state index in [1.165, 1.54) is 32.2 Å². The molecule has 0 unspecified atom stereocenters. The molecular formula is C15H23NO. The van der Waals surface area contributed by atoms with Crippen LogP contribution in [0, 0.1) is 5.92 Å². The Kier molecular flexibility index (Phi) is 5.37. The van der Waals surface area contributed by atoms with Crippen molar-refractivity contribution >= 4 is 0 Å². The molecule has 2 rings (SSSR count). The number of hydrogen-bond donors (Lipinski definition) is 1. The molecule has 1 aliphatic rings. The van der Waals surface area contributed by atoms with E-state index in [4.69, 9.17) is 4.74 Å². The van der Waals surface area contributed by atoms with Gasteiger partial charge in [0.05, 0.1) is 6.61 Å². The predicted octanol–water partition coefficient (Wildman–Crippen LogP) is 3.24. The van der Waals surface area contributed by atoms with Crippen molar-refractivity contribution in [3.8, 4) is 5.75 Å². The number of rotatable bonds is 8. The SMILES string of the molecule is c1ccc(OCCCNCCC2CCC2)cc1. The highest BCUT2D eigenvalue weighted by Gasteiger charge is 2.15. The minimum Gasteiger partial charge on any atom is -0.494 e. The van der Waals surface area contributed by atoms with E-state index >= 15 is 0 Å². The first-order valence-corrected chi connectivity index (χ1v) is 6.84. The molecular weight excluding hydrogens is 210 g/mol. The molecule has 1 aromatic carbocycles. The maximum Gasteiger partial charge on any atom is 0.119 e. The van der Waals surface area contributed by atoms with Gasteiger partial charge in [-0.3, -0.25) is 0 Å². The molecule has 0 radical (unpaired) electrons. The summed E-state index contributed by atoms with van der Waals surface area (Å²) < 4.78 is 5.63. The summed E-state index contributed by atoms with van der Waals surface area (Å²) in [4.78, 5) is 0. The van der Waals surface area contributed by atoms with Gasteiger partial charge in [-0.05, 0) is 44.0 Å². The van der Waals surface area contributed by atoms with Gasteiger partial charge in [0.1, 0.15) is 5.75 Å². The summed E-state index contributed by atoms with van der Waals surface area (Å²) in [5.41, 5.74) is 0. The lowest BCUT2D eigenvalue weighted by Crippen LogP contribution is -2.23. The maximum atomic E-state index is 5.63. The Hall–Kier alpha value is -1.02. The van der Waals surface area contributed by atoms with E-state index in [-0.39, 0.29) is 0 Å². The second-order valence-electron chi connectivity index (χ2n) is 4.85. The third kappa shape index (κ3) is 4.78. The van der Waals surface area contributed by atoms with Crippen LogP contribution in [0.15, 0.2) is 30.3 Å². The summed E-state index contributed by atoms with van der Waals surface area (Å²) in [5.74, 6) is 1.99. The average Bonchev–Trinajstić information content (AvgIpc) is 2.31. The smallest absolute Gasteiger partial charge is 0.119 e. The third-order valence-corrected chi connectivity index (χ3v) is 3.46. The van der Waals surface area contributed by atoms with Crippen molar-refractivity contribution in [3.05, 3.63) is 30.3 Å². The van der Waals surface area contributed by atoms with Crippen molar-refractivity contribution in [2.24, 2.45) is 5.92 Å². The Morgan fingerprint density at radius 1 is 1.12 bits per heavy atom. The van der Waals surface area contributed by atoms with Gasteiger partial charge < -0.3 is 10.1 Å². The molecule has 0 aromatic heterocycles. The Morgan fingerprint density at radius 3 is 2.65 bits per heavy atom. The van der Waals surface area contributed by atoms with Crippen LogP contribution in [-0.2, 0) is 0 Å². The van der Waals surface area contributed by atoms with Crippen LogP contribution in [0.1, 0.15) is 32.1 Å². The first-order chi connectivity index (χ1) is 8.45. The van der Waals surface area contributed by atoms with Crippen LogP contribution in [-0.4, -0.2) is 19.7 Å². The summed E-state index contributed by atoms with van der Waals surface area (Å²) in [7, 11) is 0. The van der Waals surface area contributed by atoms with Crippen LogP contribution >= 0.6 is 0 Å². The van der Waals surface area contributed by atoms with Crippen LogP contribution in [0.25, 0.3) is 0 Å². The highest BCUT2D eigenvalue weighted by atomic mass is 16.5. The number of para-hydroxylation sites is 1. The Bertz CT molecular complexity index is 295. The first-order valence-electron chi connectivity index (χ1n) is 6.84. The fourth-order valence-electron chi connectivity index (χ4n) is 2.12. The van der Waals surface area contributed by atoms with Gasteiger partial charge in [-0.25, -0.2) is 0 Å². The molecule has 1 fully saturated rings. The van der Waals surface area contributed by atoms with Crippen molar-refractivity contribution in [1.29, 1.82) is 0 Å². The minimum atomic E-state index is 0.806. The lowest BCUT2D eigenvalue weighted by atomic mass is 9.83. The van der Waals surface area contributed by atoms with Crippen molar-refractivity contribution in [3.63, 3.8) is 0 Å². The molecule has 0 amide bonds. The van der Waals surface area contributed by atoms with E-state index in [2.05, 4.69) is 5.32 Å². The zero-order valence-corrected chi connectivity index (χ0v) is 10.5. The number of nitrogens with one attached hydrogen (secondary N) is 1. The lowest BCUT2D eigenvalue weighted by Gasteiger charge is -2.25. The summed E-state index contributed by atoms with van der Waals surface area (Å²) in [6.45, 7) is 3.05. The van der Waals surface area contributed by atoms with Crippen molar-refractivity contribution in [2.75, 3.05) is 19.7 Å².